The minimum atomic E-state index is 0.0796. The van der Waals surface area contributed by atoms with E-state index < -0.39 is 0 Å². The summed E-state index contributed by atoms with van der Waals surface area (Å²) in [5.41, 5.74) is 3.26. The Kier molecular flexibility index (Phi) is 5.16. The highest BCUT2D eigenvalue weighted by atomic mass is 16.5. The summed E-state index contributed by atoms with van der Waals surface area (Å²) < 4.78 is 5.20. The first-order chi connectivity index (χ1) is 11.6. The van der Waals surface area contributed by atoms with Crippen LogP contribution in [0.1, 0.15) is 24.0 Å². The SMILES string of the molecule is COc1ccc(C[NH+](CC(=O)Nc2cccc(C)c2)C2CC2)cc1. The number of aryl methyl sites for hydroxylation is 1. The second-order valence-corrected chi connectivity index (χ2v) is 6.55. The fraction of sp³-hybridized carbons (Fsp3) is 0.350. The lowest BCUT2D eigenvalue weighted by Crippen LogP contribution is -3.13. The van der Waals surface area contributed by atoms with Gasteiger partial charge in [-0.05, 0) is 48.9 Å². The van der Waals surface area contributed by atoms with E-state index in [9.17, 15) is 4.79 Å². The quantitative estimate of drug-likeness (QED) is 0.819. The van der Waals surface area contributed by atoms with Gasteiger partial charge >= 0.3 is 0 Å². The smallest absolute Gasteiger partial charge is 0.279 e. The molecule has 1 aliphatic carbocycles. The van der Waals surface area contributed by atoms with Crippen molar-refractivity contribution in [2.45, 2.75) is 32.4 Å². The number of benzene rings is 2. The highest BCUT2D eigenvalue weighted by Crippen LogP contribution is 2.17. The molecule has 2 N–H and O–H groups in total. The van der Waals surface area contributed by atoms with Gasteiger partial charge in [-0.15, -0.1) is 0 Å². The molecule has 2 aromatic rings. The Morgan fingerprint density at radius 3 is 2.58 bits per heavy atom. The third kappa shape index (κ3) is 4.59. The molecule has 0 radical (unpaired) electrons. The summed E-state index contributed by atoms with van der Waals surface area (Å²) in [4.78, 5) is 13.7. The van der Waals surface area contributed by atoms with E-state index in [4.69, 9.17) is 4.74 Å². The van der Waals surface area contributed by atoms with Crippen LogP contribution in [0, 0.1) is 6.92 Å². The molecule has 0 spiro atoms. The van der Waals surface area contributed by atoms with Crippen molar-refractivity contribution in [3.63, 3.8) is 0 Å². The number of carbonyl (C=O) groups is 1. The molecule has 4 nitrogen and oxygen atoms in total. The average molecular weight is 325 g/mol. The maximum atomic E-state index is 12.4. The number of nitrogens with one attached hydrogen (secondary N) is 2. The van der Waals surface area contributed by atoms with Crippen molar-refractivity contribution >= 4 is 11.6 Å². The van der Waals surface area contributed by atoms with Crippen LogP contribution in [0.2, 0.25) is 0 Å². The van der Waals surface area contributed by atoms with E-state index in [1.807, 2.05) is 43.3 Å². The topological polar surface area (TPSA) is 42.8 Å². The van der Waals surface area contributed by atoms with E-state index in [0.29, 0.717) is 12.6 Å². The van der Waals surface area contributed by atoms with Crippen LogP contribution in [0.4, 0.5) is 5.69 Å². The molecule has 126 valence electrons. The molecule has 1 unspecified atom stereocenters. The standard InChI is InChI=1S/C20H24N2O2/c1-15-4-3-5-17(12-15)21-20(23)14-22(18-8-9-18)13-16-6-10-19(24-2)11-7-16/h3-7,10-12,18H,8-9,13-14H2,1-2H3,(H,21,23)/p+1. The monoisotopic (exact) mass is 325 g/mol. The van der Waals surface area contributed by atoms with Gasteiger partial charge in [0.25, 0.3) is 5.91 Å². The van der Waals surface area contributed by atoms with E-state index in [0.717, 1.165) is 23.5 Å². The lowest BCUT2D eigenvalue weighted by Gasteiger charge is -2.19. The highest BCUT2D eigenvalue weighted by Gasteiger charge is 2.34. The summed E-state index contributed by atoms with van der Waals surface area (Å²) >= 11 is 0. The predicted molar refractivity (Wildman–Crippen MR) is 95.4 cm³/mol. The molecule has 0 heterocycles. The van der Waals surface area contributed by atoms with Crippen LogP contribution < -0.4 is 15.0 Å². The van der Waals surface area contributed by atoms with Crippen molar-refractivity contribution in [2.24, 2.45) is 0 Å². The third-order valence-electron chi connectivity index (χ3n) is 4.43. The van der Waals surface area contributed by atoms with E-state index >= 15 is 0 Å². The summed E-state index contributed by atoms with van der Waals surface area (Å²) in [6.45, 7) is 3.40. The Morgan fingerprint density at radius 2 is 1.96 bits per heavy atom. The number of quaternary nitrogens is 1. The molecular formula is C20H25N2O2+. The Balaban J connectivity index is 1.60. The first kappa shape index (κ1) is 16.5. The summed E-state index contributed by atoms with van der Waals surface area (Å²) in [5, 5.41) is 3.02. The molecule has 1 fully saturated rings. The van der Waals surface area contributed by atoms with Crippen LogP contribution in [-0.4, -0.2) is 25.6 Å². The molecule has 24 heavy (non-hydrogen) atoms. The number of amides is 1. The van der Waals surface area contributed by atoms with E-state index in [-0.39, 0.29) is 5.91 Å². The Bertz CT molecular complexity index is 693. The molecule has 0 aliphatic heterocycles. The first-order valence-corrected chi connectivity index (χ1v) is 8.48. The molecule has 3 rings (SSSR count). The van der Waals surface area contributed by atoms with Gasteiger partial charge in [0, 0.05) is 24.1 Å². The molecular weight excluding hydrogens is 300 g/mol. The molecule has 2 aromatic carbocycles. The zero-order chi connectivity index (χ0) is 16.9. The zero-order valence-corrected chi connectivity index (χ0v) is 14.3. The van der Waals surface area contributed by atoms with Gasteiger partial charge < -0.3 is 15.0 Å². The normalized spacial score (nSPS) is 14.9. The Labute approximate surface area is 143 Å². The van der Waals surface area contributed by atoms with Crippen LogP contribution in [0.15, 0.2) is 48.5 Å². The fourth-order valence-electron chi connectivity index (χ4n) is 2.98. The number of rotatable bonds is 7. The summed E-state index contributed by atoms with van der Waals surface area (Å²) in [6.07, 6.45) is 2.42. The van der Waals surface area contributed by atoms with Crippen LogP contribution in [0.25, 0.3) is 0 Å². The lowest BCUT2D eigenvalue weighted by molar-refractivity contribution is -0.916. The van der Waals surface area contributed by atoms with Crippen LogP contribution in [-0.2, 0) is 11.3 Å². The molecule has 1 saturated carbocycles. The number of methoxy groups -OCH3 is 1. The molecule has 1 atom stereocenters. The van der Waals surface area contributed by atoms with Crippen LogP contribution in [0.5, 0.6) is 5.75 Å². The Morgan fingerprint density at radius 1 is 1.21 bits per heavy atom. The van der Waals surface area contributed by atoms with E-state index in [1.165, 1.54) is 23.3 Å². The van der Waals surface area contributed by atoms with Gasteiger partial charge in [-0.1, -0.05) is 12.1 Å². The summed E-state index contributed by atoms with van der Waals surface area (Å²) in [7, 11) is 1.67. The lowest BCUT2D eigenvalue weighted by atomic mass is 10.2. The van der Waals surface area contributed by atoms with Gasteiger partial charge in [-0.25, -0.2) is 0 Å². The van der Waals surface area contributed by atoms with Crippen LogP contribution >= 0.6 is 0 Å². The number of ether oxygens (including phenoxy) is 1. The number of hydrogen-bond acceptors (Lipinski definition) is 2. The van der Waals surface area contributed by atoms with E-state index in [1.54, 1.807) is 7.11 Å². The van der Waals surface area contributed by atoms with Crippen molar-refractivity contribution in [1.82, 2.24) is 0 Å². The minimum absolute atomic E-state index is 0.0796. The van der Waals surface area contributed by atoms with Crippen LogP contribution in [0.3, 0.4) is 0 Å². The molecule has 1 aliphatic rings. The number of hydrogen-bond donors (Lipinski definition) is 2. The number of anilines is 1. The van der Waals surface area contributed by atoms with Gasteiger partial charge in [-0.2, -0.15) is 0 Å². The summed E-state index contributed by atoms with van der Waals surface area (Å²) in [6, 6.07) is 16.7. The van der Waals surface area contributed by atoms with Gasteiger partial charge in [0.05, 0.1) is 13.2 Å². The van der Waals surface area contributed by atoms with Gasteiger partial charge in [-0.3, -0.25) is 4.79 Å². The minimum Gasteiger partial charge on any atom is -0.497 e. The number of carbonyl (C=O) groups excluding carboxylic acids is 1. The van der Waals surface area contributed by atoms with Crippen molar-refractivity contribution in [2.75, 3.05) is 19.0 Å². The van der Waals surface area contributed by atoms with Gasteiger partial charge in [0.1, 0.15) is 12.3 Å². The third-order valence-corrected chi connectivity index (χ3v) is 4.43. The largest absolute Gasteiger partial charge is 0.497 e. The summed E-state index contributed by atoms with van der Waals surface area (Å²) in [5.74, 6) is 0.944. The van der Waals surface area contributed by atoms with E-state index in [2.05, 4.69) is 17.4 Å². The molecule has 0 aromatic heterocycles. The van der Waals surface area contributed by atoms with Crippen molar-refractivity contribution in [3.8, 4) is 5.75 Å². The van der Waals surface area contributed by atoms with Gasteiger partial charge in [0.2, 0.25) is 0 Å². The fourth-order valence-corrected chi connectivity index (χ4v) is 2.98. The first-order valence-electron chi connectivity index (χ1n) is 8.48. The molecule has 0 saturated heterocycles. The predicted octanol–water partition coefficient (Wildman–Crippen LogP) is 2.19. The molecule has 4 heteroatoms. The van der Waals surface area contributed by atoms with Gasteiger partial charge in [0.15, 0.2) is 6.54 Å². The second kappa shape index (κ2) is 7.49. The average Bonchev–Trinajstić information content (AvgIpc) is 3.40. The van der Waals surface area contributed by atoms with Crippen molar-refractivity contribution in [3.05, 3.63) is 59.7 Å². The van der Waals surface area contributed by atoms with Crippen molar-refractivity contribution < 1.29 is 14.4 Å². The second-order valence-electron chi connectivity index (χ2n) is 6.55. The zero-order valence-electron chi connectivity index (χ0n) is 14.3. The maximum Gasteiger partial charge on any atom is 0.279 e. The molecule has 0 bridgehead atoms. The Hall–Kier alpha value is -2.33. The van der Waals surface area contributed by atoms with Crippen molar-refractivity contribution in [1.29, 1.82) is 0 Å². The molecule has 1 amide bonds. The maximum absolute atomic E-state index is 12.4. The highest BCUT2D eigenvalue weighted by molar-refractivity contribution is 5.91.